The summed E-state index contributed by atoms with van der Waals surface area (Å²) in [6.07, 6.45) is 3.05. The van der Waals surface area contributed by atoms with Gasteiger partial charge in [0, 0.05) is 12.7 Å². The van der Waals surface area contributed by atoms with Crippen molar-refractivity contribution in [3.8, 4) is 0 Å². The first-order chi connectivity index (χ1) is 4.84. The molecule has 1 amide bonds. The van der Waals surface area contributed by atoms with Crippen molar-refractivity contribution in [2.75, 3.05) is 6.54 Å². The average Bonchev–Trinajstić information content (AvgIpc) is 2.38. The first-order valence-corrected chi connectivity index (χ1v) is 3.11. The Bertz CT molecular complexity index is 205. The number of amides is 1. The minimum atomic E-state index is -0.0868. The van der Waals surface area contributed by atoms with Gasteiger partial charge in [-0.25, -0.2) is 0 Å². The van der Waals surface area contributed by atoms with Gasteiger partial charge in [-0.2, -0.15) is 5.10 Å². The number of H-pyrrole nitrogens is 1. The molecular weight excluding hydrogens is 130 g/mol. The number of aromatic nitrogens is 2. The Kier molecular flexibility index (Phi) is 2.04. The summed E-state index contributed by atoms with van der Waals surface area (Å²) in [5.74, 6) is -0.0868. The molecule has 1 aromatic heterocycles. The molecule has 0 unspecified atom stereocenters. The van der Waals surface area contributed by atoms with Crippen LogP contribution in [0.15, 0.2) is 12.4 Å². The molecule has 0 aliphatic heterocycles. The van der Waals surface area contributed by atoms with Crippen LogP contribution in [-0.2, 0) is 0 Å². The van der Waals surface area contributed by atoms with E-state index in [2.05, 4.69) is 15.5 Å². The summed E-state index contributed by atoms with van der Waals surface area (Å²) in [6, 6.07) is 0. The zero-order chi connectivity index (χ0) is 7.40. The number of rotatable bonds is 2. The molecule has 4 heteroatoms. The molecule has 54 valence electrons. The number of carbonyl (C=O) groups is 1. The fourth-order valence-electron chi connectivity index (χ4n) is 0.638. The normalized spacial score (nSPS) is 9.30. The smallest absolute Gasteiger partial charge is 0.254 e. The summed E-state index contributed by atoms with van der Waals surface area (Å²) in [5.41, 5.74) is 0.571. The molecule has 2 N–H and O–H groups in total. The van der Waals surface area contributed by atoms with Crippen LogP contribution >= 0.6 is 0 Å². The summed E-state index contributed by atoms with van der Waals surface area (Å²) in [6.45, 7) is 2.52. The van der Waals surface area contributed by atoms with E-state index in [9.17, 15) is 4.79 Å². The minimum Gasteiger partial charge on any atom is -0.352 e. The molecule has 0 aliphatic carbocycles. The van der Waals surface area contributed by atoms with Crippen molar-refractivity contribution in [2.45, 2.75) is 6.92 Å². The number of hydrogen-bond donors (Lipinski definition) is 2. The second kappa shape index (κ2) is 3.00. The largest absolute Gasteiger partial charge is 0.352 e. The van der Waals surface area contributed by atoms with Gasteiger partial charge in [0.05, 0.1) is 11.8 Å². The molecule has 0 saturated heterocycles. The zero-order valence-electron chi connectivity index (χ0n) is 5.72. The highest BCUT2D eigenvalue weighted by molar-refractivity contribution is 5.93. The third kappa shape index (κ3) is 1.34. The average molecular weight is 139 g/mol. The number of nitrogens with one attached hydrogen (secondary N) is 2. The van der Waals surface area contributed by atoms with Crippen LogP contribution in [0.5, 0.6) is 0 Å². The van der Waals surface area contributed by atoms with Gasteiger partial charge in [-0.05, 0) is 6.92 Å². The Morgan fingerprint density at radius 2 is 2.70 bits per heavy atom. The van der Waals surface area contributed by atoms with Crippen molar-refractivity contribution in [3.63, 3.8) is 0 Å². The van der Waals surface area contributed by atoms with Gasteiger partial charge in [-0.1, -0.05) is 0 Å². The van der Waals surface area contributed by atoms with Crippen molar-refractivity contribution in [1.29, 1.82) is 0 Å². The highest BCUT2D eigenvalue weighted by Gasteiger charge is 2.02. The lowest BCUT2D eigenvalue weighted by Crippen LogP contribution is -2.21. The molecule has 0 atom stereocenters. The topological polar surface area (TPSA) is 57.8 Å². The highest BCUT2D eigenvalue weighted by atomic mass is 16.1. The summed E-state index contributed by atoms with van der Waals surface area (Å²) in [4.78, 5) is 10.9. The fraction of sp³-hybridized carbons (Fsp3) is 0.333. The SMILES string of the molecule is CCNC(=O)c1cn[nH]c1. The Hall–Kier alpha value is -1.32. The van der Waals surface area contributed by atoms with Crippen LogP contribution in [0, 0.1) is 0 Å². The van der Waals surface area contributed by atoms with Gasteiger partial charge in [-0.15, -0.1) is 0 Å². The molecule has 0 bridgehead atoms. The first kappa shape index (κ1) is 6.80. The zero-order valence-corrected chi connectivity index (χ0v) is 5.72. The van der Waals surface area contributed by atoms with E-state index in [1.165, 1.54) is 6.20 Å². The van der Waals surface area contributed by atoms with Crippen LogP contribution in [0.25, 0.3) is 0 Å². The van der Waals surface area contributed by atoms with Gasteiger partial charge in [0.1, 0.15) is 0 Å². The van der Waals surface area contributed by atoms with Gasteiger partial charge in [0.15, 0.2) is 0 Å². The fourth-order valence-corrected chi connectivity index (χ4v) is 0.638. The standard InChI is InChI=1S/C6H9N3O/c1-2-7-6(10)5-3-8-9-4-5/h3-4H,2H2,1H3,(H,7,10)(H,8,9). The van der Waals surface area contributed by atoms with E-state index in [4.69, 9.17) is 0 Å². The number of hydrogen-bond acceptors (Lipinski definition) is 2. The molecule has 0 saturated carbocycles. The molecule has 0 radical (unpaired) electrons. The molecule has 1 rings (SSSR count). The Morgan fingerprint density at radius 3 is 3.20 bits per heavy atom. The summed E-state index contributed by atoms with van der Waals surface area (Å²) >= 11 is 0. The van der Waals surface area contributed by atoms with E-state index >= 15 is 0 Å². The maximum absolute atomic E-state index is 10.9. The van der Waals surface area contributed by atoms with Crippen LogP contribution in [0.2, 0.25) is 0 Å². The van der Waals surface area contributed by atoms with Crippen LogP contribution in [0.4, 0.5) is 0 Å². The molecule has 0 aromatic carbocycles. The van der Waals surface area contributed by atoms with Crippen LogP contribution in [0.1, 0.15) is 17.3 Å². The first-order valence-electron chi connectivity index (χ1n) is 3.11. The number of carbonyl (C=O) groups excluding carboxylic acids is 1. The van der Waals surface area contributed by atoms with E-state index in [0.29, 0.717) is 12.1 Å². The second-order valence-electron chi connectivity index (χ2n) is 1.85. The molecule has 0 aliphatic rings. The Balaban J connectivity index is 2.59. The highest BCUT2D eigenvalue weighted by Crippen LogP contribution is 1.91. The maximum atomic E-state index is 10.9. The summed E-state index contributed by atoms with van der Waals surface area (Å²) in [7, 11) is 0. The van der Waals surface area contributed by atoms with Gasteiger partial charge >= 0.3 is 0 Å². The van der Waals surface area contributed by atoms with Crippen LogP contribution in [0.3, 0.4) is 0 Å². The van der Waals surface area contributed by atoms with E-state index in [1.54, 1.807) is 6.20 Å². The van der Waals surface area contributed by atoms with Gasteiger partial charge in [0.25, 0.3) is 5.91 Å². The number of aromatic amines is 1. The lowest BCUT2D eigenvalue weighted by Gasteiger charge is -1.95. The summed E-state index contributed by atoms with van der Waals surface area (Å²) in [5, 5.41) is 8.85. The molecule has 10 heavy (non-hydrogen) atoms. The maximum Gasteiger partial charge on any atom is 0.254 e. The molecular formula is C6H9N3O. The molecule has 0 fully saturated rings. The van der Waals surface area contributed by atoms with Crippen molar-refractivity contribution in [2.24, 2.45) is 0 Å². The van der Waals surface area contributed by atoms with E-state index in [0.717, 1.165) is 0 Å². The van der Waals surface area contributed by atoms with Gasteiger partial charge in [-0.3, -0.25) is 9.89 Å². The van der Waals surface area contributed by atoms with Crippen LogP contribution in [-0.4, -0.2) is 22.6 Å². The third-order valence-corrected chi connectivity index (χ3v) is 1.10. The van der Waals surface area contributed by atoms with Gasteiger partial charge in [0.2, 0.25) is 0 Å². The Labute approximate surface area is 58.6 Å². The predicted octanol–water partition coefficient (Wildman–Crippen LogP) is 0.159. The van der Waals surface area contributed by atoms with E-state index in [1.807, 2.05) is 6.92 Å². The van der Waals surface area contributed by atoms with E-state index in [-0.39, 0.29) is 5.91 Å². The van der Waals surface area contributed by atoms with Crippen molar-refractivity contribution in [1.82, 2.24) is 15.5 Å². The van der Waals surface area contributed by atoms with Crippen molar-refractivity contribution in [3.05, 3.63) is 18.0 Å². The molecule has 0 spiro atoms. The second-order valence-corrected chi connectivity index (χ2v) is 1.85. The summed E-state index contributed by atoms with van der Waals surface area (Å²) < 4.78 is 0. The van der Waals surface area contributed by atoms with E-state index < -0.39 is 0 Å². The minimum absolute atomic E-state index is 0.0868. The molecule has 1 heterocycles. The lowest BCUT2D eigenvalue weighted by atomic mass is 10.3. The van der Waals surface area contributed by atoms with Crippen LogP contribution < -0.4 is 5.32 Å². The number of nitrogens with zero attached hydrogens (tertiary/aromatic N) is 1. The van der Waals surface area contributed by atoms with Crippen molar-refractivity contribution >= 4 is 5.91 Å². The quantitative estimate of drug-likeness (QED) is 0.613. The third-order valence-electron chi connectivity index (χ3n) is 1.10. The lowest BCUT2D eigenvalue weighted by molar-refractivity contribution is 0.0956. The predicted molar refractivity (Wildman–Crippen MR) is 36.6 cm³/mol. The molecule has 1 aromatic rings. The van der Waals surface area contributed by atoms with Crippen molar-refractivity contribution < 1.29 is 4.79 Å². The Morgan fingerprint density at radius 1 is 1.90 bits per heavy atom. The monoisotopic (exact) mass is 139 g/mol. The van der Waals surface area contributed by atoms with Gasteiger partial charge < -0.3 is 5.32 Å². The molecule has 4 nitrogen and oxygen atoms in total.